The van der Waals surface area contributed by atoms with E-state index in [-0.39, 0.29) is 24.8 Å². The number of allylic oxidation sites excluding steroid dienone is 1. The number of hydrogen-bond acceptors (Lipinski definition) is 0. The molecule has 2 aliphatic carbocycles. The standard InChI is InChI=1S/C13H9.C13H10.C10H9.2ClH.Zr/c1-3-7-12-10(5-1)9-11-6-2-4-8-13(11)12;1-3-7-12(8-4-1)11-13-9-5-2-6-10-13;1-8-5-6-9-3-2-4-10(9)7-8;;;/h1-9H;1-10H;2-7H,1H3;2*1H;/q;;;;;+2/p-2. The summed E-state index contributed by atoms with van der Waals surface area (Å²) in [4.78, 5) is 0. The molecule has 0 amide bonds. The van der Waals surface area contributed by atoms with Crippen molar-refractivity contribution in [2.24, 2.45) is 0 Å². The van der Waals surface area contributed by atoms with Crippen molar-refractivity contribution in [1.82, 2.24) is 0 Å². The molecule has 0 bridgehead atoms. The Morgan fingerprint density at radius 2 is 1.08 bits per heavy atom. The van der Waals surface area contributed by atoms with E-state index in [2.05, 4.69) is 146 Å². The summed E-state index contributed by atoms with van der Waals surface area (Å²) in [7, 11) is 0. The van der Waals surface area contributed by atoms with Crippen LogP contribution in [-0.4, -0.2) is 3.21 Å². The normalized spacial score (nSPS) is 14.2. The molecule has 190 valence electrons. The summed E-state index contributed by atoms with van der Waals surface area (Å²) in [6.07, 6.45) is 4.94. The molecule has 0 saturated carbocycles. The average molecular weight is 623 g/mol. The molecule has 0 saturated heterocycles. The van der Waals surface area contributed by atoms with Gasteiger partial charge in [-0.25, -0.2) is 0 Å². The first-order valence-corrected chi connectivity index (χ1v) is 17.2. The molecule has 0 nitrogen and oxygen atoms in total. The Hall–Kier alpha value is -2.83. The molecular formula is C36H28Cl2Zr. The van der Waals surface area contributed by atoms with Crippen LogP contribution in [0.4, 0.5) is 0 Å². The van der Waals surface area contributed by atoms with Gasteiger partial charge in [0, 0.05) is 0 Å². The molecule has 2 aliphatic rings. The molecular weight excluding hydrogens is 595 g/mol. The molecule has 0 spiro atoms. The van der Waals surface area contributed by atoms with Crippen LogP contribution in [0.5, 0.6) is 0 Å². The van der Waals surface area contributed by atoms with Crippen molar-refractivity contribution in [3.8, 4) is 11.1 Å². The van der Waals surface area contributed by atoms with E-state index in [4.69, 9.17) is 0 Å². The molecule has 0 N–H and O–H groups in total. The fraction of sp³-hybridized carbons (Fsp3) is 0.0833. The summed E-state index contributed by atoms with van der Waals surface area (Å²) < 4.78 is 2.53. The third kappa shape index (κ3) is 4.87. The van der Waals surface area contributed by atoms with Crippen molar-refractivity contribution in [3.05, 3.63) is 172 Å². The minimum atomic E-state index is -2.66. The van der Waals surface area contributed by atoms with Crippen molar-refractivity contribution in [3.63, 3.8) is 0 Å². The summed E-state index contributed by atoms with van der Waals surface area (Å²) in [6.45, 7) is 2.23. The van der Waals surface area contributed by atoms with E-state index in [1.807, 2.05) is 0 Å². The number of halogens is 2. The van der Waals surface area contributed by atoms with Gasteiger partial charge in [0.15, 0.2) is 0 Å². The van der Waals surface area contributed by atoms with Crippen molar-refractivity contribution in [2.75, 3.05) is 0 Å². The Morgan fingerprint density at radius 1 is 0.564 bits per heavy atom. The van der Waals surface area contributed by atoms with Crippen LogP contribution in [0.1, 0.15) is 46.2 Å². The van der Waals surface area contributed by atoms with Crippen molar-refractivity contribution < 1.29 is 46.1 Å². The van der Waals surface area contributed by atoms with E-state index in [0.29, 0.717) is 7.25 Å². The van der Waals surface area contributed by atoms with Crippen molar-refractivity contribution >= 4 is 9.28 Å². The topological polar surface area (TPSA) is 0 Å². The smallest absolute Gasteiger partial charge is 1.00 e. The summed E-state index contributed by atoms with van der Waals surface area (Å²) in [5, 5.41) is 0. The molecule has 5 aromatic rings. The van der Waals surface area contributed by atoms with Crippen LogP contribution in [-0.2, 0) is 21.3 Å². The Bertz CT molecular complexity index is 1600. The Kier molecular flexibility index (Phi) is 8.34. The van der Waals surface area contributed by atoms with Crippen LogP contribution in [0.3, 0.4) is 0 Å². The molecule has 1 atom stereocenters. The van der Waals surface area contributed by atoms with Gasteiger partial charge in [0.25, 0.3) is 0 Å². The van der Waals surface area contributed by atoms with Gasteiger partial charge in [-0.15, -0.1) is 0 Å². The molecule has 5 aromatic carbocycles. The van der Waals surface area contributed by atoms with Gasteiger partial charge in [-0.3, -0.25) is 0 Å². The average Bonchev–Trinajstić information content (AvgIpc) is 3.51. The van der Waals surface area contributed by atoms with E-state index >= 15 is 0 Å². The zero-order valence-electron chi connectivity index (χ0n) is 21.7. The van der Waals surface area contributed by atoms with Gasteiger partial charge < -0.3 is 24.8 Å². The largest absolute Gasteiger partial charge is 1.00 e. The molecule has 7 rings (SSSR count). The number of hydrogen-bond donors (Lipinski definition) is 0. The van der Waals surface area contributed by atoms with Crippen LogP contribution in [0.15, 0.2) is 133 Å². The number of rotatable bonds is 4. The fourth-order valence-electron chi connectivity index (χ4n) is 6.37. The third-order valence-corrected chi connectivity index (χ3v) is 16.7. The third-order valence-electron chi connectivity index (χ3n) is 7.94. The zero-order chi connectivity index (χ0) is 24.8. The molecule has 0 aromatic heterocycles. The van der Waals surface area contributed by atoms with Gasteiger partial charge in [0.2, 0.25) is 0 Å². The van der Waals surface area contributed by atoms with Gasteiger partial charge in [0.1, 0.15) is 0 Å². The Balaban J connectivity index is 0.00000154. The Labute approximate surface area is 251 Å². The quantitative estimate of drug-likeness (QED) is 0.290. The van der Waals surface area contributed by atoms with E-state index in [1.165, 1.54) is 50.1 Å². The second-order valence-corrected chi connectivity index (χ2v) is 16.6. The van der Waals surface area contributed by atoms with Crippen molar-refractivity contribution in [1.29, 1.82) is 0 Å². The predicted octanol–water partition coefficient (Wildman–Crippen LogP) is 2.73. The monoisotopic (exact) mass is 620 g/mol. The molecule has 39 heavy (non-hydrogen) atoms. The molecule has 1 unspecified atom stereocenters. The molecule has 3 heteroatoms. The number of aryl methyl sites for hydroxylation is 1. The zero-order valence-corrected chi connectivity index (χ0v) is 25.7. The SMILES string of the molecule is Cc1ccc2c(c1)[CH]([Zr+2](=[C](c1ccccc1)c1ccccc1)[CH]1c3ccccc3-c3ccccc31)C=C2.[Cl-].[Cl-]. The Morgan fingerprint density at radius 3 is 1.64 bits per heavy atom. The minimum Gasteiger partial charge on any atom is -1.00 e. The van der Waals surface area contributed by atoms with Crippen molar-refractivity contribution in [2.45, 2.75) is 14.2 Å². The second kappa shape index (κ2) is 11.7. The summed E-state index contributed by atoms with van der Waals surface area (Å²) >= 11 is -2.66. The first-order valence-electron chi connectivity index (χ1n) is 13.1. The van der Waals surface area contributed by atoms with Crippen LogP contribution in [0, 0.1) is 6.92 Å². The fourth-order valence-corrected chi connectivity index (χ4v) is 16.3. The molecule has 0 aliphatic heterocycles. The van der Waals surface area contributed by atoms with E-state index in [0.717, 1.165) is 0 Å². The maximum absolute atomic E-state index is 2.66. The number of fused-ring (bicyclic) bond motifs is 4. The van der Waals surface area contributed by atoms with Gasteiger partial charge in [-0.05, 0) is 0 Å². The number of benzene rings is 5. The van der Waals surface area contributed by atoms with E-state index in [9.17, 15) is 0 Å². The summed E-state index contributed by atoms with van der Waals surface area (Å²) in [5.74, 6) is 0. The molecule has 0 radical (unpaired) electrons. The molecule has 0 fully saturated rings. The first-order chi connectivity index (χ1) is 18.3. The summed E-state index contributed by atoms with van der Waals surface area (Å²) in [6, 6.07) is 47.9. The van der Waals surface area contributed by atoms with Crippen LogP contribution >= 0.6 is 0 Å². The van der Waals surface area contributed by atoms with Gasteiger partial charge >= 0.3 is 228 Å². The van der Waals surface area contributed by atoms with Gasteiger partial charge in [0.05, 0.1) is 0 Å². The van der Waals surface area contributed by atoms with Crippen LogP contribution in [0.25, 0.3) is 17.2 Å². The van der Waals surface area contributed by atoms with E-state index < -0.39 is 21.3 Å². The van der Waals surface area contributed by atoms with Gasteiger partial charge in [-0.1, -0.05) is 0 Å². The van der Waals surface area contributed by atoms with E-state index in [1.54, 1.807) is 3.21 Å². The maximum atomic E-state index is 2.55. The summed E-state index contributed by atoms with van der Waals surface area (Å²) in [5.41, 5.74) is 13.0. The van der Waals surface area contributed by atoms with Crippen LogP contribution in [0.2, 0.25) is 0 Å². The maximum Gasteiger partial charge on any atom is -1.00 e. The first kappa shape index (κ1) is 27.7. The molecule has 0 heterocycles. The second-order valence-electron chi connectivity index (χ2n) is 10.1. The van der Waals surface area contributed by atoms with Gasteiger partial charge in [-0.2, -0.15) is 0 Å². The van der Waals surface area contributed by atoms with Crippen LogP contribution < -0.4 is 24.8 Å². The minimum absolute atomic E-state index is 0. The predicted molar refractivity (Wildman–Crippen MR) is 153 cm³/mol.